The SMILES string of the molecule is COC(=O)c1nc(-c2csc3ccc(C)cc23)nc(N)c1Cl.COC(=O)c1nc(Cl)nc(N)c1Cl. The molecule has 4 N–H and O–H groups in total. The summed E-state index contributed by atoms with van der Waals surface area (Å²) in [5.41, 5.74) is 12.9. The fourth-order valence-corrected chi connectivity index (χ4v) is 4.22. The van der Waals surface area contributed by atoms with Crippen molar-refractivity contribution >= 4 is 79.8 Å². The van der Waals surface area contributed by atoms with Gasteiger partial charge in [0.05, 0.1) is 14.2 Å². The summed E-state index contributed by atoms with van der Waals surface area (Å²) in [6.07, 6.45) is 0. The van der Waals surface area contributed by atoms with Gasteiger partial charge in [0.1, 0.15) is 21.7 Å². The maximum Gasteiger partial charge on any atom is 0.358 e. The molecule has 10 nitrogen and oxygen atoms in total. The standard InChI is InChI=1S/C15H12ClN3O2S.C6H5Cl2N3O2/c1-7-3-4-10-8(5-7)9(6-22-10)14-18-12(15(20)21-2)11(16)13(17)19-14;1-13-5(12)3-2(7)4(9)11-6(8)10-3/h3-6H,1-2H3,(H2,17,18,19);1H3,(H2,9,10,11). The van der Waals surface area contributed by atoms with Crippen molar-refractivity contribution in [1.29, 1.82) is 0 Å². The molecule has 14 heteroatoms. The number of nitrogens with zero attached hydrogens (tertiary/aromatic N) is 4. The number of aromatic nitrogens is 4. The zero-order valence-electron chi connectivity index (χ0n) is 18.4. The number of aryl methyl sites for hydroxylation is 1. The van der Waals surface area contributed by atoms with Gasteiger partial charge in [-0.25, -0.2) is 24.5 Å². The normalized spacial score (nSPS) is 10.5. The van der Waals surface area contributed by atoms with Crippen LogP contribution >= 0.6 is 46.1 Å². The van der Waals surface area contributed by atoms with Crippen LogP contribution < -0.4 is 11.5 Å². The number of anilines is 2. The van der Waals surface area contributed by atoms with E-state index in [4.69, 9.17) is 46.3 Å². The van der Waals surface area contributed by atoms with Gasteiger partial charge < -0.3 is 20.9 Å². The number of methoxy groups -OCH3 is 2. The van der Waals surface area contributed by atoms with E-state index in [0.717, 1.165) is 21.2 Å². The van der Waals surface area contributed by atoms with Crippen molar-refractivity contribution in [3.05, 3.63) is 55.9 Å². The molecule has 0 radical (unpaired) electrons. The molecule has 35 heavy (non-hydrogen) atoms. The van der Waals surface area contributed by atoms with Crippen LogP contribution in [0, 0.1) is 6.92 Å². The lowest BCUT2D eigenvalue weighted by molar-refractivity contribution is 0.0585. The maximum atomic E-state index is 11.8. The maximum absolute atomic E-state index is 11.8. The van der Waals surface area contributed by atoms with Gasteiger partial charge in [-0.2, -0.15) is 4.98 Å². The molecule has 0 amide bonds. The smallest absolute Gasteiger partial charge is 0.358 e. The first-order chi connectivity index (χ1) is 16.6. The number of hydrogen-bond acceptors (Lipinski definition) is 11. The van der Waals surface area contributed by atoms with Gasteiger partial charge in [-0.1, -0.05) is 34.8 Å². The highest BCUT2D eigenvalue weighted by Gasteiger charge is 2.20. The molecule has 0 atom stereocenters. The highest BCUT2D eigenvalue weighted by Crippen LogP contribution is 2.34. The van der Waals surface area contributed by atoms with Crippen molar-refractivity contribution in [2.24, 2.45) is 0 Å². The molecule has 4 aromatic rings. The molecule has 0 bridgehead atoms. The Bertz CT molecular complexity index is 1450. The molecule has 0 spiro atoms. The molecule has 3 heterocycles. The number of nitrogens with two attached hydrogens (primary N) is 2. The Hall–Kier alpha value is -3.25. The molecule has 3 aromatic heterocycles. The monoisotopic (exact) mass is 554 g/mol. The summed E-state index contributed by atoms with van der Waals surface area (Å²) in [6.45, 7) is 2.01. The molecular formula is C21H17Cl3N6O4S. The predicted molar refractivity (Wildman–Crippen MR) is 136 cm³/mol. The Morgan fingerprint density at radius 2 is 1.46 bits per heavy atom. The van der Waals surface area contributed by atoms with Crippen LogP contribution in [0.3, 0.4) is 0 Å². The van der Waals surface area contributed by atoms with Crippen molar-refractivity contribution in [1.82, 2.24) is 19.9 Å². The highest BCUT2D eigenvalue weighted by atomic mass is 35.5. The van der Waals surface area contributed by atoms with Crippen LogP contribution in [-0.2, 0) is 9.47 Å². The summed E-state index contributed by atoms with van der Waals surface area (Å²) in [5, 5.41) is 2.75. The molecule has 4 rings (SSSR count). The van der Waals surface area contributed by atoms with Gasteiger partial charge in [0.2, 0.25) is 5.28 Å². The van der Waals surface area contributed by atoms with Crippen LogP contribution in [0.5, 0.6) is 0 Å². The topological polar surface area (TPSA) is 156 Å². The number of rotatable bonds is 3. The summed E-state index contributed by atoms with van der Waals surface area (Å²) in [4.78, 5) is 38.4. The molecular weight excluding hydrogens is 539 g/mol. The second-order valence-corrected chi connectivity index (χ2v) is 8.77. The summed E-state index contributed by atoms with van der Waals surface area (Å²) in [6, 6.07) is 6.13. The second kappa shape index (κ2) is 11.0. The Labute approximate surface area is 218 Å². The average Bonchev–Trinajstić information content (AvgIpc) is 3.25. The highest BCUT2D eigenvalue weighted by molar-refractivity contribution is 7.17. The van der Waals surface area contributed by atoms with Crippen molar-refractivity contribution in [3.8, 4) is 11.4 Å². The van der Waals surface area contributed by atoms with E-state index in [2.05, 4.69) is 29.4 Å². The zero-order valence-corrected chi connectivity index (χ0v) is 21.5. The molecule has 0 aliphatic rings. The van der Waals surface area contributed by atoms with Crippen molar-refractivity contribution in [2.75, 3.05) is 25.7 Å². The minimum atomic E-state index is -0.707. The summed E-state index contributed by atoms with van der Waals surface area (Å²) < 4.78 is 10.2. The van der Waals surface area contributed by atoms with Gasteiger partial charge in [0.15, 0.2) is 17.2 Å². The number of ether oxygens (including phenoxy) is 2. The Kier molecular flexibility index (Phi) is 8.28. The third-order valence-electron chi connectivity index (χ3n) is 4.45. The first-order valence-corrected chi connectivity index (χ1v) is 11.5. The van der Waals surface area contributed by atoms with Crippen LogP contribution in [0.2, 0.25) is 15.3 Å². The van der Waals surface area contributed by atoms with Crippen molar-refractivity contribution < 1.29 is 19.1 Å². The van der Waals surface area contributed by atoms with Crippen LogP contribution in [0.1, 0.15) is 26.5 Å². The minimum Gasteiger partial charge on any atom is -0.464 e. The molecule has 0 aliphatic heterocycles. The number of halogens is 3. The largest absolute Gasteiger partial charge is 0.464 e. The fourth-order valence-electron chi connectivity index (χ4n) is 2.80. The molecule has 0 fully saturated rings. The van der Waals surface area contributed by atoms with Crippen molar-refractivity contribution in [3.63, 3.8) is 0 Å². The number of nitrogen functional groups attached to an aromatic ring is 2. The van der Waals surface area contributed by atoms with E-state index in [9.17, 15) is 9.59 Å². The first-order valence-electron chi connectivity index (χ1n) is 9.53. The molecule has 0 saturated carbocycles. The molecule has 0 aliphatic carbocycles. The molecule has 1 aromatic carbocycles. The van der Waals surface area contributed by atoms with Crippen molar-refractivity contribution in [2.45, 2.75) is 6.92 Å². The summed E-state index contributed by atoms with van der Waals surface area (Å²) >= 11 is 18.7. The van der Waals surface area contributed by atoms with Gasteiger partial charge in [0, 0.05) is 21.0 Å². The summed E-state index contributed by atoms with van der Waals surface area (Å²) in [7, 11) is 2.46. The predicted octanol–water partition coefficient (Wildman–Crippen LogP) is 4.84. The van der Waals surface area contributed by atoms with Gasteiger partial charge in [-0.05, 0) is 30.7 Å². The van der Waals surface area contributed by atoms with Gasteiger partial charge in [-0.3, -0.25) is 0 Å². The fraction of sp³-hybridized carbons (Fsp3) is 0.143. The number of benzene rings is 1. The van der Waals surface area contributed by atoms with Crippen LogP contribution in [0.25, 0.3) is 21.5 Å². The van der Waals surface area contributed by atoms with E-state index in [1.54, 1.807) is 11.3 Å². The Morgan fingerprint density at radius 3 is 2.06 bits per heavy atom. The lowest BCUT2D eigenvalue weighted by Gasteiger charge is -2.07. The molecule has 0 saturated heterocycles. The van der Waals surface area contributed by atoms with E-state index in [1.165, 1.54) is 14.2 Å². The lowest BCUT2D eigenvalue weighted by Crippen LogP contribution is -2.09. The molecule has 182 valence electrons. The van der Waals surface area contributed by atoms with Gasteiger partial charge in [-0.15, -0.1) is 11.3 Å². The van der Waals surface area contributed by atoms with Crippen LogP contribution in [0.15, 0.2) is 23.6 Å². The zero-order chi connectivity index (χ0) is 25.9. The quantitative estimate of drug-likeness (QED) is 0.265. The number of carbonyl (C=O) groups excluding carboxylic acids is 2. The third-order valence-corrected chi connectivity index (χ3v) is 6.33. The third kappa shape index (κ3) is 5.70. The number of thiophene rings is 1. The van der Waals surface area contributed by atoms with E-state index < -0.39 is 11.9 Å². The van der Waals surface area contributed by atoms with Gasteiger partial charge >= 0.3 is 11.9 Å². The Balaban J connectivity index is 0.000000225. The van der Waals surface area contributed by atoms with E-state index in [-0.39, 0.29) is 38.4 Å². The second-order valence-electron chi connectivity index (χ2n) is 6.77. The summed E-state index contributed by atoms with van der Waals surface area (Å²) in [5.74, 6) is -0.989. The van der Waals surface area contributed by atoms with E-state index in [1.807, 2.05) is 30.5 Å². The Morgan fingerprint density at radius 1 is 0.886 bits per heavy atom. The van der Waals surface area contributed by atoms with Crippen LogP contribution in [-0.4, -0.2) is 46.1 Å². The van der Waals surface area contributed by atoms with Gasteiger partial charge in [0.25, 0.3) is 0 Å². The van der Waals surface area contributed by atoms with E-state index in [0.29, 0.717) is 5.82 Å². The number of carbonyl (C=O) groups is 2. The molecule has 0 unspecified atom stereocenters. The van der Waals surface area contributed by atoms with Crippen LogP contribution in [0.4, 0.5) is 11.6 Å². The van der Waals surface area contributed by atoms with E-state index >= 15 is 0 Å². The number of esters is 2. The number of hydrogen-bond donors (Lipinski definition) is 2. The first kappa shape index (κ1) is 26.4. The minimum absolute atomic E-state index is 0.00585. The average molecular weight is 556 g/mol. The number of fused-ring (bicyclic) bond motifs is 1. The lowest BCUT2D eigenvalue weighted by atomic mass is 10.1.